The smallest absolute Gasteiger partial charge is 0.335 e. The van der Waals surface area contributed by atoms with Gasteiger partial charge >= 0.3 is 5.97 Å². The van der Waals surface area contributed by atoms with Gasteiger partial charge in [-0.2, -0.15) is 0 Å². The molecule has 0 saturated heterocycles. The van der Waals surface area contributed by atoms with E-state index in [0.717, 1.165) is 24.8 Å². The Labute approximate surface area is 277 Å². The molecule has 252 valence electrons. The van der Waals surface area contributed by atoms with Crippen molar-refractivity contribution in [1.29, 1.82) is 0 Å². The second-order valence-electron chi connectivity index (χ2n) is 12.5. The van der Waals surface area contributed by atoms with Crippen LogP contribution in [0.15, 0.2) is 72.8 Å². The van der Waals surface area contributed by atoms with E-state index in [0.29, 0.717) is 48.8 Å². The SMILES string of the molecule is C[C@@H]1CCCCO[C@@H](CN(C)Cc2ccc(C(=O)O)cc2)[C@H](C)CN([C@H](C)CO)C(=O)c2cc(NC(=O)c3ccccc3)ccc2O1. The maximum Gasteiger partial charge on any atom is 0.335 e. The molecule has 3 aromatic rings. The van der Waals surface area contributed by atoms with E-state index in [4.69, 9.17) is 9.47 Å². The molecular weight excluding hydrogens is 598 g/mol. The lowest BCUT2D eigenvalue weighted by molar-refractivity contribution is -0.0177. The zero-order chi connectivity index (χ0) is 33.9. The monoisotopic (exact) mass is 645 g/mol. The number of carbonyl (C=O) groups is 3. The summed E-state index contributed by atoms with van der Waals surface area (Å²) in [5.74, 6) is -1.22. The van der Waals surface area contributed by atoms with Crippen LogP contribution in [0.4, 0.5) is 5.69 Å². The Balaban J connectivity index is 1.59. The highest BCUT2D eigenvalue weighted by Crippen LogP contribution is 2.29. The Morgan fingerprint density at radius 1 is 1.02 bits per heavy atom. The third kappa shape index (κ3) is 10.1. The highest BCUT2D eigenvalue weighted by molar-refractivity contribution is 6.05. The minimum absolute atomic E-state index is 0.100. The van der Waals surface area contributed by atoms with E-state index in [1.54, 1.807) is 66.4 Å². The molecule has 0 aromatic heterocycles. The van der Waals surface area contributed by atoms with Gasteiger partial charge in [0.1, 0.15) is 5.75 Å². The van der Waals surface area contributed by atoms with Gasteiger partial charge in [0.25, 0.3) is 11.8 Å². The number of rotatable bonds is 9. The third-order valence-corrected chi connectivity index (χ3v) is 8.49. The third-order valence-electron chi connectivity index (χ3n) is 8.49. The van der Waals surface area contributed by atoms with Gasteiger partial charge in [0.15, 0.2) is 0 Å². The second-order valence-corrected chi connectivity index (χ2v) is 12.5. The number of fused-ring (bicyclic) bond motifs is 1. The number of aliphatic hydroxyl groups is 1. The minimum Gasteiger partial charge on any atom is -0.490 e. The molecule has 0 fully saturated rings. The average molecular weight is 646 g/mol. The number of benzene rings is 3. The molecule has 0 saturated carbocycles. The number of carbonyl (C=O) groups excluding carboxylic acids is 2. The first-order chi connectivity index (χ1) is 22.5. The molecule has 0 radical (unpaired) electrons. The van der Waals surface area contributed by atoms with Gasteiger partial charge in [0.2, 0.25) is 0 Å². The number of hydrogen-bond donors (Lipinski definition) is 3. The summed E-state index contributed by atoms with van der Waals surface area (Å²) in [6.07, 6.45) is 2.13. The van der Waals surface area contributed by atoms with Crippen LogP contribution in [0.3, 0.4) is 0 Å². The Morgan fingerprint density at radius 3 is 2.43 bits per heavy atom. The van der Waals surface area contributed by atoms with E-state index in [2.05, 4.69) is 10.2 Å². The highest BCUT2D eigenvalue weighted by Gasteiger charge is 2.30. The molecule has 10 nitrogen and oxygen atoms in total. The number of nitrogens with one attached hydrogen (secondary N) is 1. The summed E-state index contributed by atoms with van der Waals surface area (Å²) < 4.78 is 12.7. The number of ether oxygens (including phenoxy) is 2. The number of amides is 2. The molecule has 1 aliphatic rings. The van der Waals surface area contributed by atoms with Crippen LogP contribution in [0.5, 0.6) is 5.75 Å². The number of anilines is 1. The van der Waals surface area contributed by atoms with Gasteiger partial charge in [0, 0.05) is 43.4 Å². The van der Waals surface area contributed by atoms with Gasteiger partial charge < -0.3 is 29.9 Å². The largest absolute Gasteiger partial charge is 0.490 e. The van der Waals surface area contributed by atoms with Crippen LogP contribution in [-0.2, 0) is 11.3 Å². The first-order valence-corrected chi connectivity index (χ1v) is 16.3. The average Bonchev–Trinajstić information content (AvgIpc) is 3.06. The first-order valence-electron chi connectivity index (χ1n) is 16.3. The molecule has 0 unspecified atom stereocenters. The van der Waals surface area contributed by atoms with Crippen LogP contribution in [0.1, 0.15) is 76.7 Å². The van der Waals surface area contributed by atoms with Crippen molar-refractivity contribution < 1.29 is 34.1 Å². The lowest BCUT2D eigenvalue weighted by Crippen LogP contribution is -2.47. The molecule has 4 rings (SSSR count). The number of carboxylic acid groups (broad SMARTS) is 1. The fraction of sp³-hybridized carbons (Fsp3) is 0.432. The Kier molecular flexibility index (Phi) is 12.9. The zero-order valence-corrected chi connectivity index (χ0v) is 27.7. The van der Waals surface area contributed by atoms with Crippen molar-refractivity contribution in [3.05, 3.63) is 95.1 Å². The van der Waals surface area contributed by atoms with Gasteiger partial charge in [-0.3, -0.25) is 14.5 Å². The molecular formula is C37H47N3O7. The van der Waals surface area contributed by atoms with Crippen LogP contribution < -0.4 is 10.1 Å². The summed E-state index contributed by atoms with van der Waals surface area (Å²) in [6, 6.07) is 20.3. The standard InChI is InChI=1S/C37H47N3O7/c1-25-21-40(26(2)24-41)36(43)32-20-31(38-35(42)29-11-6-5-7-12-29)17-18-33(32)47-27(3)10-8-9-19-46-34(25)23-39(4)22-28-13-15-30(16-14-28)37(44)45/h5-7,11-18,20,25-27,34,41H,8-10,19,21-24H2,1-4H3,(H,38,42)(H,44,45)/t25-,26-,27-,34+/m1/s1. The van der Waals surface area contributed by atoms with E-state index in [-0.39, 0.29) is 42.1 Å². The molecule has 47 heavy (non-hydrogen) atoms. The lowest BCUT2D eigenvalue weighted by Gasteiger charge is -2.36. The highest BCUT2D eigenvalue weighted by atomic mass is 16.5. The number of likely N-dealkylation sites (N-methyl/N-ethyl adjacent to an activating group) is 1. The predicted octanol–water partition coefficient (Wildman–Crippen LogP) is 5.56. The zero-order valence-electron chi connectivity index (χ0n) is 27.7. The summed E-state index contributed by atoms with van der Waals surface area (Å²) in [6.45, 7) is 7.67. The summed E-state index contributed by atoms with van der Waals surface area (Å²) in [5.41, 5.74) is 2.51. The molecule has 10 heteroatoms. The lowest BCUT2D eigenvalue weighted by atomic mass is 10.0. The number of nitrogens with zero attached hydrogens (tertiary/aromatic N) is 2. The summed E-state index contributed by atoms with van der Waals surface area (Å²) in [7, 11) is 1.99. The van der Waals surface area contributed by atoms with Gasteiger partial charge in [-0.05, 0) is 88.2 Å². The summed E-state index contributed by atoms with van der Waals surface area (Å²) >= 11 is 0. The van der Waals surface area contributed by atoms with E-state index in [1.807, 2.05) is 39.1 Å². The Hall–Kier alpha value is -4.25. The van der Waals surface area contributed by atoms with E-state index >= 15 is 0 Å². The topological polar surface area (TPSA) is 129 Å². The molecule has 4 atom stereocenters. The number of hydrogen-bond acceptors (Lipinski definition) is 7. The quantitative estimate of drug-likeness (QED) is 0.276. The van der Waals surface area contributed by atoms with Crippen LogP contribution >= 0.6 is 0 Å². The summed E-state index contributed by atoms with van der Waals surface area (Å²) in [4.78, 5) is 42.3. The molecule has 0 aliphatic carbocycles. The van der Waals surface area contributed by atoms with Crippen LogP contribution in [0.2, 0.25) is 0 Å². The van der Waals surface area contributed by atoms with Crippen LogP contribution in [-0.4, -0.2) is 89.4 Å². The van der Waals surface area contributed by atoms with Crippen molar-refractivity contribution in [1.82, 2.24) is 9.80 Å². The van der Waals surface area contributed by atoms with E-state index < -0.39 is 12.0 Å². The van der Waals surface area contributed by atoms with Crippen LogP contribution in [0, 0.1) is 5.92 Å². The van der Waals surface area contributed by atoms with Crippen molar-refractivity contribution >= 4 is 23.5 Å². The van der Waals surface area contributed by atoms with Crippen molar-refractivity contribution in [3.63, 3.8) is 0 Å². The van der Waals surface area contributed by atoms with Crippen LogP contribution in [0.25, 0.3) is 0 Å². The molecule has 2 amide bonds. The molecule has 3 aromatic carbocycles. The fourth-order valence-corrected chi connectivity index (χ4v) is 5.69. The molecule has 1 heterocycles. The maximum absolute atomic E-state index is 14.3. The van der Waals surface area contributed by atoms with Crippen molar-refractivity contribution in [2.45, 2.75) is 64.8 Å². The molecule has 0 spiro atoms. The maximum atomic E-state index is 14.3. The molecule has 1 aliphatic heterocycles. The number of aromatic carboxylic acids is 1. The second kappa shape index (κ2) is 17.1. The van der Waals surface area contributed by atoms with Crippen molar-refractivity contribution in [2.24, 2.45) is 5.92 Å². The van der Waals surface area contributed by atoms with Gasteiger partial charge in [-0.1, -0.05) is 37.3 Å². The Bertz CT molecular complexity index is 1480. The van der Waals surface area contributed by atoms with Crippen molar-refractivity contribution in [2.75, 3.05) is 38.7 Å². The Morgan fingerprint density at radius 2 is 1.74 bits per heavy atom. The first kappa shape index (κ1) is 35.6. The summed E-state index contributed by atoms with van der Waals surface area (Å²) in [5, 5.41) is 22.4. The normalized spacial score (nSPS) is 20.1. The molecule has 0 bridgehead atoms. The van der Waals surface area contributed by atoms with Gasteiger partial charge in [-0.25, -0.2) is 4.79 Å². The van der Waals surface area contributed by atoms with E-state index in [9.17, 15) is 24.6 Å². The van der Waals surface area contributed by atoms with E-state index in [1.165, 1.54) is 0 Å². The van der Waals surface area contributed by atoms with Gasteiger partial charge in [0.05, 0.1) is 36.0 Å². The minimum atomic E-state index is -0.959. The fourth-order valence-electron chi connectivity index (χ4n) is 5.69. The van der Waals surface area contributed by atoms with Gasteiger partial charge in [-0.15, -0.1) is 0 Å². The van der Waals surface area contributed by atoms with Crippen molar-refractivity contribution in [3.8, 4) is 5.75 Å². The number of aliphatic hydroxyl groups excluding tert-OH is 1. The predicted molar refractivity (Wildman–Crippen MR) is 181 cm³/mol. The number of carboxylic acids is 1. The molecule has 3 N–H and O–H groups in total.